The van der Waals surface area contributed by atoms with Gasteiger partial charge in [-0.15, -0.1) is 0 Å². The van der Waals surface area contributed by atoms with Crippen molar-refractivity contribution in [3.8, 4) is 5.97 Å². The van der Waals surface area contributed by atoms with Crippen molar-refractivity contribution in [1.82, 2.24) is 0 Å². The Balaban J connectivity index is 1.64. The highest BCUT2D eigenvalue weighted by Crippen LogP contribution is 2.39. The number of ether oxygens (including phenoxy) is 1. The van der Waals surface area contributed by atoms with Gasteiger partial charge in [0.15, 0.2) is 0 Å². The van der Waals surface area contributed by atoms with Gasteiger partial charge < -0.3 is 4.74 Å². The molecule has 1 aliphatic heterocycles. The van der Waals surface area contributed by atoms with Crippen LogP contribution in [0.15, 0.2) is 30.3 Å². The van der Waals surface area contributed by atoms with Crippen molar-refractivity contribution in [2.75, 3.05) is 6.61 Å². The Morgan fingerprint density at radius 2 is 1.91 bits per heavy atom. The van der Waals surface area contributed by atoms with Crippen LogP contribution in [0.5, 0.6) is 0 Å². The number of hydrogen-bond acceptors (Lipinski definition) is 2. The standard InChI is InChI=1S/C17H22BF2NO/c19-17(20,16-7-10-18(14-21)11-8-16)9-4-12-22-13-15-5-2-1-3-6-15/h1-3,5-6,16H,4,7-13H2. The zero-order valence-electron chi connectivity index (χ0n) is 12.8. The van der Waals surface area contributed by atoms with Crippen LogP contribution >= 0.6 is 0 Å². The van der Waals surface area contributed by atoms with Gasteiger partial charge in [0, 0.05) is 24.9 Å². The Labute approximate surface area is 131 Å². The summed E-state index contributed by atoms with van der Waals surface area (Å²) >= 11 is 0. The molecule has 5 heteroatoms. The molecule has 0 amide bonds. The predicted molar refractivity (Wildman–Crippen MR) is 84.0 cm³/mol. The summed E-state index contributed by atoms with van der Waals surface area (Å²) in [6, 6.07) is 9.73. The Morgan fingerprint density at radius 1 is 1.23 bits per heavy atom. The molecule has 0 N–H and O–H groups in total. The Morgan fingerprint density at radius 3 is 2.55 bits per heavy atom. The van der Waals surface area contributed by atoms with Crippen molar-refractivity contribution in [2.24, 2.45) is 5.92 Å². The molecule has 1 heterocycles. The molecule has 0 bridgehead atoms. The van der Waals surface area contributed by atoms with E-state index in [1.54, 1.807) is 0 Å². The van der Waals surface area contributed by atoms with Gasteiger partial charge in [-0.1, -0.05) is 55.8 Å². The summed E-state index contributed by atoms with van der Waals surface area (Å²) in [5.41, 5.74) is 1.06. The van der Waals surface area contributed by atoms with Gasteiger partial charge in [0.1, 0.15) is 0 Å². The second-order valence-electron chi connectivity index (χ2n) is 6.08. The molecule has 1 saturated heterocycles. The van der Waals surface area contributed by atoms with E-state index in [1.807, 2.05) is 30.3 Å². The van der Waals surface area contributed by atoms with Crippen molar-refractivity contribution in [2.45, 2.75) is 50.9 Å². The normalized spacial score (nSPS) is 16.5. The highest BCUT2D eigenvalue weighted by atomic mass is 19.3. The Kier molecular flexibility index (Phi) is 6.39. The van der Waals surface area contributed by atoms with Gasteiger partial charge in [-0.3, -0.25) is 0 Å². The molecule has 1 aromatic rings. The lowest BCUT2D eigenvalue weighted by Gasteiger charge is -2.30. The van der Waals surface area contributed by atoms with Crippen LogP contribution < -0.4 is 0 Å². The quantitative estimate of drug-likeness (QED) is 0.545. The molecule has 0 atom stereocenters. The topological polar surface area (TPSA) is 33.0 Å². The largest absolute Gasteiger partial charge is 0.377 e. The Hall–Kier alpha value is -1.41. The summed E-state index contributed by atoms with van der Waals surface area (Å²) in [6.45, 7) is 0.804. The smallest absolute Gasteiger partial charge is 0.267 e. The summed E-state index contributed by atoms with van der Waals surface area (Å²) in [6.07, 6.45) is 2.41. The molecule has 0 saturated carbocycles. The number of nitriles is 1. The van der Waals surface area contributed by atoms with E-state index < -0.39 is 11.8 Å². The molecule has 0 radical (unpaired) electrons. The first kappa shape index (κ1) is 17.0. The van der Waals surface area contributed by atoms with E-state index in [4.69, 9.17) is 10.00 Å². The number of rotatable bonds is 7. The first-order chi connectivity index (χ1) is 10.6. The summed E-state index contributed by atoms with van der Waals surface area (Å²) < 4.78 is 33.8. The molecule has 1 aromatic carbocycles. The van der Waals surface area contributed by atoms with Gasteiger partial charge in [-0.2, -0.15) is 0 Å². The molecule has 0 unspecified atom stereocenters. The molecule has 0 aliphatic carbocycles. The lowest BCUT2D eigenvalue weighted by atomic mass is 9.41. The second-order valence-corrected chi connectivity index (χ2v) is 6.08. The third-order valence-corrected chi connectivity index (χ3v) is 4.42. The van der Waals surface area contributed by atoms with Gasteiger partial charge in [-0.05, 0) is 12.0 Å². The predicted octanol–water partition coefficient (Wildman–Crippen LogP) is 4.59. The zero-order valence-corrected chi connectivity index (χ0v) is 12.8. The van der Waals surface area contributed by atoms with Crippen molar-refractivity contribution in [1.29, 1.82) is 5.26 Å². The third-order valence-electron chi connectivity index (χ3n) is 4.42. The maximum Gasteiger partial charge on any atom is 0.267 e. The van der Waals surface area contributed by atoms with E-state index in [0.29, 0.717) is 45.1 Å². The van der Waals surface area contributed by atoms with Crippen molar-refractivity contribution in [3.63, 3.8) is 0 Å². The van der Waals surface area contributed by atoms with Crippen LogP contribution in [0.1, 0.15) is 31.2 Å². The first-order valence-electron chi connectivity index (χ1n) is 8.01. The molecule has 0 aromatic heterocycles. The highest BCUT2D eigenvalue weighted by molar-refractivity contribution is 6.67. The van der Waals surface area contributed by atoms with Gasteiger partial charge in [-0.25, -0.2) is 14.0 Å². The second kappa shape index (κ2) is 8.29. The fraction of sp³-hybridized carbons (Fsp3) is 0.588. The molecule has 118 valence electrons. The minimum Gasteiger partial charge on any atom is -0.377 e. The SMILES string of the molecule is N#CB1CCC(C(F)(F)CCCOCc2ccccc2)CC1. The van der Waals surface area contributed by atoms with E-state index in [0.717, 1.165) is 5.56 Å². The van der Waals surface area contributed by atoms with Crippen LogP contribution in [-0.2, 0) is 11.3 Å². The minimum atomic E-state index is -2.63. The molecule has 1 fully saturated rings. The zero-order chi connectivity index (χ0) is 15.8. The number of nitrogens with zero attached hydrogens (tertiary/aromatic N) is 1. The average Bonchev–Trinajstić information content (AvgIpc) is 2.55. The van der Waals surface area contributed by atoms with Gasteiger partial charge in [0.2, 0.25) is 0 Å². The maximum absolute atomic E-state index is 14.2. The molecule has 1 aliphatic rings. The van der Waals surface area contributed by atoms with Crippen LogP contribution in [-0.4, -0.2) is 19.2 Å². The molecule has 22 heavy (non-hydrogen) atoms. The van der Waals surface area contributed by atoms with Crippen LogP contribution in [0.2, 0.25) is 12.6 Å². The number of benzene rings is 1. The highest BCUT2D eigenvalue weighted by Gasteiger charge is 2.41. The molecular formula is C17H22BF2NO. The van der Waals surface area contributed by atoms with Gasteiger partial charge in [0.05, 0.1) is 6.61 Å². The van der Waals surface area contributed by atoms with E-state index in [9.17, 15) is 8.78 Å². The number of alkyl halides is 2. The molecule has 0 spiro atoms. The summed E-state index contributed by atoms with van der Waals surface area (Å²) in [5.74, 6) is -1.01. The van der Waals surface area contributed by atoms with E-state index in [2.05, 4.69) is 5.97 Å². The van der Waals surface area contributed by atoms with Gasteiger partial charge >= 0.3 is 0 Å². The van der Waals surface area contributed by atoms with Crippen LogP contribution in [0, 0.1) is 17.1 Å². The van der Waals surface area contributed by atoms with E-state index in [1.165, 1.54) is 0 Å². The summed E-state index contributed by atoms with van der Waals surface area (Å²) in [7, 11) is 0. The number of hydrogen-bond donors (Lipinski definition) is 0. The monoisotopic (exact) mass is 305 g/mol. The fourth-order valence-corrected chi connectivity index (χ4v) is 3.02. The van der Waals surface area contributed by atoms with E-state index in [-0.39, 0.29) is 13.1 Å². The first-order valence-corrected chi connectivity index (χ1v) is 8.01. The maximum atomic E-state index is 14.2. The van der Waals surface area contributed by atoms with Gasteiger partial charge in [0.25, 0.3) is 12.6 Å². The molecule has 2 nitrogen and oxygen atoms in total. The van der Waals surface area contributed by atoms with E-state index >= 15 is 0 Å². The van der Waals surface area contributed by atoms with Crippen LogP contribution in [0.3, 0.4) is 0 Å². The summed E-state index contributed by atoms with van der Waals surface area (Å²) in [4.78, 5) is 0. The van der Waals surface area contributed by atoms with Crippen molar-refractivity contribution >= 4 is 6.71 Å². The number of halogens is 2. The molecular weight excluding hydrogens is 283 g/mol. The Bertz CT molecular complexity index is 481. The lowest BCUT2D eigenvalue weighted by Crippen LogP contribution is -2.33. The summed E-state index contributed by atoms with van der Waals surface area (Å²) in [5, 5.41) is 8.82. The minimum absolute atomic E-state index is 0.0266. The average molecular weight is 305 g/mol. The van der Waals surface area contributed by atoms with Crippen LogP contribution in [0.25, 0.3) is 0 Å². The lowest BCUT2D eigenvalue weighted by molar-refractivity contribution is -0.0750. The van der Waals surface area contributed by atoms with Crippen molar-refractivity contribution < 1.29 is 13.5 Å². The van der Waals surface area contributed by atoms with Crippen LogP contribution in [0.4, 0.5) is 8.78 Å². The van der Waals surface area contributed by atoms with Crippen molar-refractivity contribution in [3.05, 3.63) is 35.9 Å². The third kappa shape index (κ3) is 5.10. The molecule has 2 rings (SSSR count). The fourth-order valence-electron chi connectivity index (χ4n) is 3.02.